The van der Waals surface area contributed by atoms with Crippen LogP contribution >= 0.6 is 0 Å². The molecular formula is C17H23F3N2O6. The van der Waals surface area contributed by atoms with Gasteiger partial charge in [-0.05, 0) is 6.07 Å². The maximum atomic E-state index is 11.7. The van der Waals surface area contributed by atoms with E-state index in [0.29, 0.717) is 18.6 Å². The predicted molar refractivity (Wildman–Crippen MR) is 89.3 cm³/mol. The zero-order chi connectivity index (χ0) is 20.9. The van der Waals surface area contributed by atoms with Crippen molar-refractivity contribution in [1.82, 2.24) is 9.80 Å². The molecule has 28 heavy (non-hydrogen) atoms. The Labute approximate surface area is 159 Å². The van der Waals surface area contributed by atoms with Gasteiger partial charge in [0.2, 0.25) is 5.91 Å². The summed E-state index contributed by atoms with van der Waals surface area (Å²) in [6.07, 6.45) is -1.56. The summed E-state index contributed by atoms with van der Waals surface area (Å²) in [5.41, 5.74) is 1.16. The number of likely N-dealkylation sites (N-methyl/N-ethyl adjacent to an activating group) is 1. The summed E-state index contributed by atoms with van der Waals surface area (Å²) in [5, 5.41) is 7.12. The van der Waals surface area contributed by atoms with Crippen molar-refractivity contribution in [1.29, 1.82) is 0 Å². The smallest absolute Gasteiger partial charge is 0.475 e. The first-order valence-electron chi connectivity index (χ1n) is 8.54. The molecule has 1 aromatic rings. The number of likely N-dealkylation sites (tertiary alicyclic amines) is 1. The van der Waals surface area contributed by atoms with Crippen LogP contribution in [0.4, 0.5) is 13.2 Å². The second kappa shape index (κ2) is 9.39. The third-order valence-electron chi connectivity index (χ3n) is 4.58. The van der Waals surface area contributed by atoms with Gasteiger partial charge in [-0.3, -0.25) is 9.69 Å². The lowest BCUT2D eigenvalue weighted by molar-refractivity contribution is -0.192. The topological polar surface area (TPSA) is 92.5 Å². The van der Waals surface area contributed by atoms with Crippen LogP contribution in [0.15, 0.2) is 23.0 Å². The number of hydrogen-bond donors (Lipinski definition) is 1. The maximum absolute atomic E-state index is 11.7. The standard InChI is InChI=1S/C15H22N2O4.C2HF3O2/c1-16(2)15(18)10-21-14-6-17(5-11-3-4-19-7-11)13-9-20-8-12(13)14;3-2(4,5)1(6)7/h3-4,7,12-14H,5-6,8-10H2,1-2H3;(H,6,7)/t12-,13+,14-;/m0./s1. The van der Waals surface area contributed by atoms with Crippen molar-refractivity contribution < 1.29 is 41.8 Å². The van der Waals surface area contributed by atoms with Gasteiger partial charge in [0.25, 0.3) is 0 Å². The van der Waals surface area contributed by atoms with Crippen LogP contribution in [0.3, 0.4) is 0 Å². The highest BCUT2D eigenvalue weighted by atomic mass is 19.4. The Bertz CT molecular complexity index is 650. The number of carboxylic acid groups (broad SMARTS) is 1. The number of carbonyl (C=O) groups is 2. The van der Waals surface area contributed by atoms with Gasteiger partial charge in [-0.2, -0.15) is 13.2 Å². The van der Waals surface area contributed by atoms with Crippen LogP contribution in [0.25, 0.3) is 0 Å². The quantitative estimate of drug-likeness (QED) is 0.783. The molecule has 1 N–H and O–H groups in total. The summed E-state index contributed by atoms with van der Waals surface area (Å²) < 4.78 is 48.3. The minimum Gasteiger partial charge on any atom is -0.475 e. The second-order valence-corrected chi connectivity index (χ2v) is 6.77. The van der Waals surface area contributed by atoms with E-state index < -0.39 is 12.1 Å². The zero-order valence-electron chi connectivity index (χ0n) is 15.5. The van der Waals surface area contributed by atoms with Crippen molar-refractivity contribution in [2.24, 2.45) is 5.92 Å². The molecule has 3 heterocycles. The van der Waals surface area contributed by atoms with E-state index in [0.717, 1.165) is 25.3 Å². The van der Waals surface area contributed by atoms with E-state index in [1.54, 1.807) is 31.5 Å². The van der Waals surface area contributed by atoms with Crippen molar-refractivity contribution in [2.75, 3.05) is 40.5 Å². The van der Waals surface area contributed by atoms with Gasteiger partial charge < -0.3 is 23.9 Å². The average Bonchev–Trinajstić information content (AvgIpc) is 3.32. The maximum Gasteiger partial charge on any atom is 0.490 e. The fourth-order valence-corrected chi connectivity index (χ4v) is 3.08. The molecule has 3 atom stereocenters. The van der Waals surface area contributed by atoms with Crippen molar-refractivity contribution in [3.05, 3.63) is 24.2 Å². The van der Waals surface area contributed by atoms with E-state index in [1.165, 1.54) is 0 Å². The van der Waals surface area contributed by atoms with E-state index in [-0.39, 0.29) is 18.6 Å². The predicted octanol–water partition coefficient (Wildman–Crippen LogP) is 1.22. The Morgan fingerprint density at radius 1 is 1.36 bits per heavy atom. The van der Waals surface area contributed by atoms with E-state index in [9.17, 15) is 18.0 Å². The number of nitrogens with zero attached hydrogens (tertiary/aromatic N) is 2. The molecule has 0 radical (unpaired) electrons. The van der Waals surface area contributed by atoms with Crippen LogP contribution in [-0.4, -0.2) is 85.6 Å². The number of carboxylic acids is 1. The number of furan rings is 1. The minimum atomic E-state index is -5.08. The molecule has 0 saturated carbocycles. The lowest BCUT2D eigenvalue weighted by Gasteiger charge is -2.21. The van der Waals surface area contributed by atoms with Gasteiger partial charge in [-0.15, -0.1) is 0 Å². The molecule has 158 valence electrons. The molecule has 2 fully saturated rings. The molecule has 3 rings (SSSR count). The van der Waals surface area contributed by atoms with Crippen LogP contribution in [-0.2, 0) is 25.6 Å². The second-order valence-electron chi connectivity index (χ2n) is 6.77. The molecule has 2 saturated heterocycles. The number of carbonyl (C=O) groups excluding carboxylic acids is 1. The Hall–Kier alpha value is -2.11. The van der Waals surface area contributed by atoms with Gasteiger partial charge in [0.15, 0.2) is 0 Å². The number of alkyl halides is 3. The summed E-state index contributed by atoms with van der Waals surface area (Å²) in [7, 11) is 3.49. The molecular weight excluding hydrogens is 385 g/mol. The van der Waals surface area contributed by atoms with Crippen molar-refractivity contribution in [2.45, 2.75) is 24.9 Å². The summed E-state index contributed by atoms with van der Waals surface area (Å²) in [6.45, 7) is 3.27. The molecule has 0 unspecified atom stereocenters. The number of ether oxygens (including phenoxy) is 2. The molecule has 11 heteroatoms. The van der Waals surface area contributed by atoms with Crippen LogP contribution in [0.5, 0.6) is 0 Å². The number of aliphatic carboxylic acids is 1. The van der Waals surface area contributed by atoms with Crippen LogP contribution in [0.2, 0.25) is 0 Å². The summed E-state index contributed by atoms with van der Waals surface area (Å²) >= 11 is 0. The third-order valence-corrected chi connectivity index (χ3v) is 4.58. The molecule has 0 spiro atoms. The van der Waals surface area contributed by atoms with Crippen molar-refractivity contribution in [3.8, 4) is 0 Å². The van der Waals surface area contributed by atoms with E-state index >= 15 is 0 Å². The lowest BCUT2D eigenvalue weighted by Crippen LogP contribution is -2.32. The minimum absolute atomic E-state index is 0.00116. The highest BCUT2D eigenvalue weighted by molar-refractivity contribution is 5.76. The van der Waals surface area contributed by atoms with E-state index in [1.807, 2.05) is 6.07 Å². The Morgan fingerprint density at radius 2 is 2.04 bits per heavy atom. The third kappa shape index (κ3) is 5.94. The number of fused-ring (bicyclic) bond motifs is 1. The van der Waals surface area contributed by atoms with Crippen molar-refractivity contribution in [3.63, 3.8) is 0 Å². The number of halogens is 3. The van der Waals surface area contributed by atoms with E-state index in [2.05, 4.69) is 4.90 Å². The fraction of sp³-hybridized carbons (Fsp3) is 0.647. The number of rotatable bonds is 5. The summed E-state index contributed by atoms with van der Waals surface area (Å²) in [4.78, 5) is 24.5. The fourth-order valence-electron chi connectivity index (χ4n) is 3.08. The number of hydrogen-bond acceptors (Lipinski definition) is 6. The highest BCUT2D eigenvalue weighted by Gasteiger charge is 2.46. The Kier molecular flexibility index (Phi) is 7.44. The van der Waals surface area contributed by atoms with Gasteiger partial charge in [0.05, 0.1) is 31.8 Å². The van der Waals surface area contributed by atoms with Crippen LogP contribution < -0.4 is 0 Å². The summed E-state index contributed by atoms with van der Waals surface area (Å²) in [6, 6.07) is 2.36. The van der Waals surface area contributed by atoms with Crippen molar-refractivity contribution >= 4 is 11.9 Å². The molecule has 1 aromatic heterocycles. The van der Waals surface area contributed by atoms with Crippen LogP contribution in [0.1, 0.15) is 5.56 Å². The molecule has 1 amide bonds. The van der Waals surface area contributed by atoms with Gasteiger partial charge in [0, 0.05) is 44.7 Å². The Balaban J connectivity index is 0.000000345. The van der Waals surface area contributed by atoms with E-state index in [4.69, 9.17) is 23.8 Å². The van der Waals surface area contributed by atoms with Gasteiger partial charge >= 0.3 is 12.1 Å². The summed E-state index contributed by atoms with van der Waals surface area (Å²) in [5.74, 6) is -2.40. The largest absolute Gasteiger partial charge is 0.490 e. The molecule has 2 aliphatic heterocycles. The van der Waals surface area contributed by atoms with Gasteiger partial charge in [-0.25, -0.2) is 4.79 Å². The first-order valence-corrected chi connectivity index (χ1v) is 8.54. The monoisotopic (exact) mass is 408 g/mol. The molecule has 2 aliphatic rings. The average molecular weight is 408 g/mol. The molecule has 0 aliphatic carbocycles. The van der Waals surface area contributed by atoms with Gasteiger partial charge in [0.1, 0.15) is 6.61 Å². The molecule has 8 nitrogen and oxygen atoms in total. The highest BCUT2D eigenvalue weighted by Crippen LogP contribution is 2.33. The SMILES string of the molecule is CN(C)C(=O)CO[C@H]1CN(Cc2ccoc2)[C@@H]2COC[C@H]12.O=C(O)C(F)(F)F. The zero-order valence-corrected chi connectivity index (χ0v) is 15.5. The van der Waals surface area contributed by atoms with Gasteiger partial charge in [-0.1, -0.05) is 0 Å². The number of amides is 1. The molecule has 0 bridgehead atoms. The lowest BCUT2D eigenvalue weighted by atomic mass is 10.0. The Morgan fingerprint density at radius 3 is 2.57 bits per heavy atom. The first-order chi connectivity index (χ1) is 13.1. The molecule has 0 aromatic carbocycles. The first kappa shape index (κ1) is 22.2. The van der Waals surface area contributed by atoms with Crippen LogP contribution in [0, 0.1) is 5.92 Å². The normalized spacial score (nSPS) is 24.4.